The summed E-state index contributed by atoms with van der Waals surface area (Å²) in [5.74, 6) is 0. The minimum Gasteiger partial charge on any atom is -0.0616 e. The molecule has 0 aliphatic rings. The Balaban J connectivity index is 1.17. The highest BCUT2D eigenvalue weighted by Gasteiger charge is 2.19. The molecular formula is C56H36. The maximum Gasteiger partial charge on any atom is -0.00259 e. The highest BCUT2D eigenvalue weighted by molar-refractivity contribution is 6.22. The molecular weight excluding hydrogens is 673 g/mol. The Morgan fingerprint density at radius 3 is 1.25 bits per heavy atom. The lowest BCUT2D eigenvalue weighted by Crippen LogP contribution is -1.93. The summed E-state index contributed by atoms with van der Waals surface area (Å²) in [6.07, 6.45) is 0. The summed E-state index contributed by atoms with van der Waals surface area (Å²) < 4.78 is 0. The van der Waals surface area contributed by atoms with Crippen LogP contribution in [0, 0.1) is 0 Å². The van der Waals surface area contributed by atoms with Crippen molar-refractivity contribution in [2.45, 2.75) is 0 Å². The van der Waals surface area contributed by atoms with Crippen LogP contribution >= 0.6 is 0 Å². The van der Waals surface area contributed by atoms with Crippen LogP contribution in [0.25, 0.3) is 109 Å². The molecule has 260 valence electrons. The molecule has 0 aromatic heterocycles. The second-order valence-corrected chi connectivity index (χ2v) is 14.9. The van der Waals surface area contributed by atoms with Crippen LogP contribution in [0.2, 0.25) is 0 Å². The zero-order valence-corrected chi connectivity index (χ0v) is 30.8. The first-order valence-corrected chi connectivity index (χ1v) is 19.4. The number of hydrogen-bond donors (Lipinski definition) is 0. The van der Waals surface area contributed by atoms with E-state index in [4.69, 9.17) is 0 Å². The lowest BCUT2D eigenvalue weighted by molar-refractivity contribution is 1.61. The molecule has 0 atom stereocenters. The Labute approximate surface area is 326 Å². The molecule has 0 heteroatoms. The van der Waals surface area contributed by atoms with Crippen LogP contribution in [0.1, 0.15) is 0 Å². The average Bonchev–Trinajstić information content (AvgIpc) is 3.27. The van der Waals surface area contributed by atoms with Crippen molar-refractivity contribution >= 4 is 53.9 Å². The van der Waals surface area contributed by atoms with E-state index in [-0.39, 0.29) is 0 Å². The highest BCUT2D eigenvalue weighted by Crippen LogP contribution is 2.46. The van der Waals surface area contributed by atoms with Crippen molar-refractivity contribution < 1.29 is 0 Å². The van der Waals surface area contributed by atoms with E-state index in [1.54, 1.807) is 0 Å². The van der Waals surface area contributed by atoms with Crippen molar-refractivity contribution in [1.29, 1.82) is 0 Å². The molecule has 11 aromatic rings. The van der Waals surface area contributed by atoms with Gasteiger partial charge in [-0.2, -0.15) is 0 Å². The van der Waals surface area contributed by atoms with Gasteiger partial charge in [-0.3, -0.25) is 0 Å². The maximum absolute atomic E-state index is 2.43. The van der Waals surface area contributed by atoms with E-state index in [1.165, 1.54) is 109 Å². The van der Waals surface area contributed by atoms with Crippen LogP contribution in [0.15, 0.2) is 218 Å². The molecule has 0 aliphatic heterocycles. The molecule has 0 saturated carbocycles. The molecule has 0 spiro atoms. The van der Waals surface area contributed by atoms with Gasteiger partial charge in [0.1, 0.15) is 0 Å². The third-order valence-corrected chi connectivity index (χ3v) is 11.6. The van der Waals surface area contributed by atoms with E-state index >= 15 is 0 Å². The summed E-state index contributed by atoms with van der Waals surface area (Å²) in [7, 11) is 0. The van der Waals surface area contributed by atoms with Crippen molar-refractivity contribution in [2.24, 2.45) is 0 Å². The normalized spacial score (nSPS) is 11.6. The van der Waals surface area contributed by atoms with E-state index in [2.05, 4.69) is 218 Å². The fourth-order valence-electron chi connectivity index (χ4n) is 8.89. The van der Waals surface area contributed by atoms with Crippen molar-refractivity contribution in [2.75, 3.05) is 0 Å². The van der Waals surface area contributed by atoms with Gasteiger partial charge < -0.3 is 0 Å². The van der Waals surface area contributed by atoms with Gasteiger partial charge in [0.15, 0.2) is 0 Å². The van der Waals surface area contributed by atoms with Gasteiger partial charge in [-0.05, 0) is 140 Å². The first kappa shape index (κ1) is 32.2. The molecule has 0 unspecified atom stereocenters. The smallest absolute Gasteiger partial charge is 0.00259 e. The van der Waals surface area contributed by atoms with Crippen LogP contribution in [-0.2, 0) is 0 Å². The fourth-order valence-corrected chi connectivity index (χ4v) is 8.89. The van der Waals surface area contributed by atoms with Gasteiger partial charge in [-0.25, -0.2) is 0 Å². The Morgan fingerprint density at radius 1 is 0.179 bits per heavy atom. The van der Waals surface area contributed by atoms with Gasteiger partial charge in [0, 0.05) is 0 Å². The lowest BCUT2D eigenvalue weighted by atomic mass is 9.83. The molecule has 56 heavy (non-hydrogen) atoms. The number of hydrogen-bond acceptors (Lipinski definition) is 0. The molecule has 0 fully saturated rings. The van der Waals surface area contributed by atoms with E-state index in [0.717, 1.165) is 0 Å². The van der Waals surface area contributed by atoms with Crippen LogP contribution < -0.4 is 0 Å². The van der Waals surface area contributed by atoms with Crippen LogP contribution in [0.4, 0.5) is 0 Å². The van der Waals surface area contributed by atoms with Crippen molar-refractivity contribution in [3.63, 3.8) is 0 Å². The van der Waals surface area contributed by atoms with Gasteiger partial charge in [0.25, 0.3) is 0 Å². The van der Waals surface area contributed by atoms with E-state index in [0.29, 0.717) is 0 Å². The summed E-state index contributed by atoms with van der Waals surface area (Å²) in [6.45, 7) is 0. The summed E-state index contributed by atoms with van der Waals surface area (Å²) in [6, 6.07) is 80.5. The molecule has 0 saturated heterocycles. The number of benzene rings is 11. The summed E-state index contributed by atoms with van der Waals surface area (Å²) >= 11 is 0. The maximum atomic E-state index is 2.43. The first-order valence-electron chi connectivity index (χ1n) is 19.4. The third-order valence-electron chi connectivity index (χ3n) is 11.6. The molecule has 0 amide bonds. The fraction of sp³-hybridized carbons (Fsp3) is 0. The lowest BCUT2D eigenvalue weighted by Gasteiger charge is -2.20. The van der Waals surface area contributed by atoms with Crippen LogP contribution in [-0.4, -0.2) is 0 Å². The number of fused-ring (bicyclic) bond motifs is 5. The second kappa shape index (κ2) is 13.2. The van der Waals surface area contributed by atoms with Gasteiger partial charge in [-0.15, -0.1) is 0 Å². The summed E-state index contributed by atoms with van der Waals surface area (Å²) in [5.41, 5.74) is 12.3. The Bertz CT molecular complexity index is 3300. The quantitative estimate of drug-likeness (QED) is 0.156. The summed E-state index contributed by atoms with van der Waals surface area (Å²) in [4.78, 5) is 0. The van der Waals surface area contributed by atoms with Gasteiger partial charge >= 0.3 is 0 Å². The predicted octanol–water partition coefficient (Wildman–Crippen LogP) is 15.8. The Morgan fingerprint density at radius 2 is 0.589 bits per heavy atom. The van der Waals surface area contributed by atoms with E-state index < -0.39 is 0 Å². The van der Waals surface area contributed by atoms with E-state index in [9.17, 15) is 0 Å². The van der Waals surface area contributed by atoms with Gasteiger partial charge in [-0.1, -0.05) is 188 Å². The molecule has 0 aliphatic carbocycles. The molecule has 0 N–H and O–H groups in total. The van der Waals surface area contributed by atoms with Crippen molar-refractivity contribution in [3.05, 3.63) is 218 Å². The second-order valence-electron chi connectivity index (χ2n) is 14.9. The van der Waals surface area contributed by atoms with Crippen molar-refractivity contribution in [3.8, 4) is 55.6 Å². The molecule has 11 rings (SSSR count). The largest absolute Gasteiger partial charge is 0.0616 e. The zero-order chi connectivity index (χ0) is 37.0. The molecule has 11 aromatic carbocycles. The molecule has 0 nitrogen and oxygen atoms in total. The zero-order valence-electron chi connectivity index (χ0n) is 30.8. The Hall–Kier alpha value is -7.28. The first-order chi connectivity index (χ1) is 27.7. The minimum atomic E-state index is 1.21. The SMILES string of the molecule is c1cc(-c2ccc3ccccc3c2)cc(-c2c3ccccc3c(-c3cccc(-c4cccc5ccccc45)c3)c3cc(-c4ccc5ccccc5c4)ccc23)c1. The minimum absolute atomic E-state index is 1.21. The third kappa shape index (κ3) is 5.46. The standard InChI is InChI=1S/C56H36/c1-3-15-40-32-43(28-26-37(40)12-1)42-18-9-20-47(34-42)55-51-23-7-8-24-52(51)56(48-21-10-19-46(35-48)50-25-11-17-39-14-5-6-22-49(39)50)54-36-45(30-31-53(54)55)44-29-27-38-13-2-4-16-41(38)33-44/h1-36H. The Kier molecular flexibility index (Phi) is 7.60. The van der Waals surface area contributed by atoms with Crippen LogP contribution in [0.3, 0.4) is 0 Å². The number of rotatable bonds is 5. The van der Waals surface area contributed by atoms with Gasteiger partial charge in [0.05, 0.1) is 0 Å². The van der Waals surface area contributed by atoms with Crippen LogP contribution in [0.5, 0.6) is 0 Å². The molecule has 0 bridgehead atoms. The van der Waals surface area contributed by atoms with Gasteiger partial charge in [0.2, 0.25) is 0 Å². The highest BCUT2D eigenvalue weighted by atomic mass is 14.2. The monoisotopic (exact) mass is 708 g/mol. The topological polar surface area (TPSA) is 0 Å². The molecule has 0 heterocycles. The van der Waals surface area contributed by atoms with E-state index in [1.807, 2.05) is 0 Å². The molecule has 0 radical (unpaired) electrons. The van der Waals surface area contributed by atoms with Crippen molar-refractivity contribution in [1.82, 2.24) is 0 Å². The summed E-state index contributed by atoms with van der Waals surface area (Å²) in [5, 5.41) is 12.5. The average molecular weight is 709 g/mol. The predicted molar refractivity (Wildman–Crippen MR) is 241 cm³/mol.